The third-order valence-electron chi connectivity index (χ3n) is 5.92. The summed E-state index contributed by atoms with van der Waals surface area (Å²) < 4.78 is 0. The van der Waals surface area contributed by atoms with Gasteiger partial charge in [0.05, 0.1) is 0 Å². The van der Waals surface area contributed by atoms with Crippen molar-refractivity contribution in [2.45, 2.75) is 110 Å². The number of aromatic hydroxyl groups is 1. The lowest BCUT2D eigenvalue weighted by Crippen LogP contribution is -2.15. The van der Waals surface area contributed by atoms with Crippen LogP contribution in [0.15, 0.2) is 12.1 Å². The van der Waals surface area contributed by atoms with Crippen LogP contribution in [-0.4, -0.2) is 43.1 Å². The van der Waals surface area contributed by atoms with Crippen molar-refractivity contribution >= 4 is 0 Å². The quantitative estimate of drug-likeness (QED) is 0.256. The predicted octanol–water partition coefficient (Wildman–Crippen LogP) is 7.15. The second-order valence-electron chi connectivity index (χ2n) is 9.72. The first-order chi connectivity index (χ1) is 14.4. The molecular weight excluding hydrogens is 368 g/mol. The van der Waals surface area contributed by atoms with E-state index in [1.54, 1.807) is 0 Å². The molecule has 0 spiro atoms. The molecule has 3 nitrogen and oxygen atoms in total. The monoisotopic (exact) mass is 418 g/mol. The molecule has 3 heteroatoms. The van der Waals surface area contributed by atoms with Gasteiger partial charge in [0.2, 0.25) is 0 Å². The Kier molecular flexibility index (Phi) is 14.9. The summed E-state index contributed by atoms with van der Waals surface area (Å²) in [5.74, 6) is 0.455. The maximum Gasteiger partial charge on any atom is 0.120 e. The maximum absolute atomic E-state index is 10.5. The molecule has 1 aromatic carbocycles. The molecule has 0 aromatic heterocycles. The van der Waals surface area contributed by atoms with Crippen LogP contribution in [-0.2, 0) is 19.5 Å². The highest BCUT2D eigenvalue weighted by molar-refractivity contribution is 5.42. The fourth-order valence-electron chi connectivity index (χ4n) is 4.25. The number of benzene rings is 1. The van der Waals surface area contributed by atoms with Gasteiger partial charge in [-0.1, -0.05) is 84.0 Å². The number of phenolic OH excluding ortho intramolecular Hbond substituents is 1. The number of hydrogen-bond donors (Lipinski definition) is 1. The van der Waals surface area contributed by atoms with E-state index < -0.39 is 0 Å². The van der Waals surface area contributed by atoms with Crippen molar-refractivity contribution in [2.75, 3.05) is 28.2 Å². The van der Waals surface area contributed by atoms with Crippen LogP contribution in [0.5, 0.6) is 5.75 Å². The Morgan fingerprint density at radius 2 is 1.00 bits per heavy atom. The van der Waals surface area contributed by atoms with Gasteiger partial charge in [0.1, 0.15) is 5.75 Å². The zero-order valence-electron chi connectivity index (χ0n) is 20.8. The molecule has 0 aliphatic rings. The van der Waals surface area contributed by atoms with E-state index in [1.165, 1.54) is 94.6 Å². The molecule has 0 amide bonds. The number of nitrogens with zero attached hydrogens (tertiary/aromatic N) is 2. The molecule has 0 saturated heterocycles. The Morgan fingerprint density at radius 3 is 1.47 bits per heavy atom. The zero-order chi connectivity index (χ0) is 22.2. The van der Waals surface area contributed by atoms with Gasteiger partial charge in [0.15, 0.2) is 0 Å². The lowest BCUT2D eigenvalue weighted by atomic mass is 9.97. The van der Waals surface area contributed by atoms with Crippen LogP contribution >= 0.6 is 0 Å². The van der Waals surface area contributed by atoms with Crippen LogP contribution in [0.3, 0.4) is 0 Å². The van der Waals surface area contributed by atoms with Crippen molar-refractivity contribution in [2.24, 2.45) is 0 Å². The van der Waals surface area contributed by atoms with Gasteiger partial charge in [-0.3, -0.25) is 0 Å². The minimum Gasteiger partial charge on any atom is -0.508 e. The number of rotatable bonds is 18. The largest absolute Gasteiger partial charge is 0.508 e. The molecule has 0 atom stereocenters. The van der Waals surface area contributed by atoms with Crippen LogP contribution in [0.1, 0.15) is 107 Å². The molecule has 0 saturated carbocycles. The predicted molar refractivity (Wildman–Crippen MR) is 132 cm³/mol. The third kappa shape index (κ3) is 12.6. The van der Waals surface area contributed by atoms with Gasteiger partial charge < -0.3 is 14.9 Å². The minimum absolute atomic E-state index is 0.455. The van der Waals surface area contributed by atoms with Crippen LogP contribution in [0.4, 0.5) is 0 Å². The average Bonchev–Trinajstić information content (AvgIpc) is 2.68. The Bertz CT molecular complexity index is 554. The van der Waals surface area contributed by atoms with Crippen molar-refractivity contribution in [1.82, 2.24) is 9.80 Å². The maximum atomic E-state index is 10.5. The van der Waals surface area contributed by atoms with Gasteiger partial charge in [-0.15, -0.1) is 0 Å². The highest BCUT2D eigenvalue weighted by atomic mass is 16.3. The van der Waals surface area contributed by atoms with Gasteiger partial charge in [-0.25, -0.2) is 0 Å². The summed E-state index contributed by atoms with van der Waals surface area (Å²) >= 11 is 0. The van der Waals surface area contributed by atoms with E-state index >= 15 is 0 Å². The van der Waals surface area contributed by atoms with Gasteiger partial charge in [0.25, 0.3) is 0 Å². The van der Waals surface area contributed by atoms with E-state index in [4.69, 9.17) is 0 Å². The van der Waals surface area contributed by atoms with Crippen molar-refractivity contribution in [1.29, 1.82) is 0 Å². The Balaban J connectivity index is 2.26. The summed E-state index contributed by atoms with van der Waals surface area (Å²) in [6, 6.07) is 4.24. The van der Waals surface area contributed by atoms with Gasteiger partial charge in [0, 0.05) is 18.7 Å². The van der Waals surface area contributed by atoms with Gasteiger partial charge >= 0.3 is 0 Å². The van der Waals surface area contributed by atoms with Crippen LogP contribution in [0.2, 0.25) is 0 Å². The standard InChI is InChI=1S/C27H50N2O/c1-6-7-8-9-10-11-12-13-14-15-16-17-18-19-24-21-27(30)26(23-29(4)5)20-25(24)22-28(2)3/h20-21,30H,6-19,22-23H2,1-5H3. The number of hydrogen-bond acceptors (Lipinski definition) is 3. The molecule has 0 aliphatic heterocycles. The minimum atomic E-state index is 0.455. The first-order valence-electron chi connectivity index (χ1n) is 12.6. The molecule has 0 fully saturated rings. The summed E-state index contributed by atoms with van der Waals surface area (Å²) in [6.07, 6.45) is 19.1. The summed E-state index contributed by atoms with van der Waals surface area (Å²) in [5.41, 5.74) is 3.73. The molecule has 0 unspecified atom stereocenters. The van der Waals surface area contributed by atoms with Crippen molar-refractivity contribution in [3.63, 3.8) is 0 Å². The summed E-state index contributed by atoms with van der Waals surface area (Å²) in [6.45, 7) is 4.01. The van der Waals surface area contributed by atoms with Crippen LogP contribution < -0.4 is 0 Å². The molecule has 0 radical (unpaired) electrons. The fraction of sp³-hybridized carbons (Fsp3) is 0.778. The molecule has 0 bridgehead atoms. The zero-order valence-corrected chi connectivity index (χ0v) is 20.8. The van der Waals surface area contributed by atoms with E-state index in [2.05, 4.69) is 36.9 Å². The second kappa shape index (κ2) is 16.6. The first-order valence-corrected chi connectivity index (χ1v) is 12.6. The summed E-state index contributed by atoms with van der Waals surface area (Å²) in [5, 5.41) is 10.5. The third-order valence-corrected chi connectivity index (χ3v) is 5.92. The molecule has 1 aromatic rings. The van der Waals surface area contributed by atoms with Crippen molar-refractivity contribution in [3.05, 3.63) is 28.8 Å². The van der Waals surface area contributed by atoms with Gasteiger partial charge in [-0.05, 0) is 64.3 Å². The Morgan fingerprint density at radius 1 is 0.567 bits per heavy atom. The number of aryl methyl sites for hydroxylation is 1. The molecule has 1 rings (SSSR count). The Labute approximate surface area is 187 Å². The smallest absolute Gasteiger partial charge is 0.120 e. The van der Waals surface area contributed by atoms with Gasteiger partial charge in [-0.2, -0.15) is 0 Å². The highest BCUT2D eigenvalue weighted by Gasteiger charge is 2.11. The summed E-state index contributed by atoms with van der Waals surface area (Å²) in [4.78, 5) is 4.33. The van der Waals surface area contributed by atoms with E-state index in [9.17, 15) is 5.11 Å². The molecule has 174 valence electrons. The van der Waals surface area contributed by atoms with E-state index in [-0.39, 0.29) is 0 Å². The van der Waals surface area contributed by atoms with Crippen molar-refractivity contribution < 1.29 is 5.11 Å². The molecule has 0 aliphatic carbocycles. The second-order valence-corrected chi connectivity index (χ2v) is 9.72. The van der Waals surface area contributed by atoms with Crippen LogP contribution in [0.25, 0.3) is 0 Å². The molecular formula is C27H50N2O. The Hall–Kier alpha value is -1.06. The molecule has 1 N–H and O–H groups in total. The fourth-order valence-corrected chi connectivity index (χ4v) is 4.25. The number of unbranched alkanes of at least 4 members (excludes halogenated alkanes) is 12. The van der Waals surface area contributed by atoms with E-state index in [0.717, 1.165) is 25.1 Å². The first kappa shape index (κ1) is 27.0. The topological polar surface area (TPSA) is 26.7 Å². The highest BCUT2D eigenvalue weighted by Crippen LogP contribution is 2.26. The molecule has 0 heterocycles. The van der Waals surface area contributed by atoms with E-state index in [0.29, 0.717) is 5.75 Å². The van der Waals surface area contributed by atoms with E-state index in [1.807, 2.05) is 20.2 Å². The summed E-state index contributed by atoms with van der Waals surface area (Å²) in [7, 11) is 8.33. The lowest BCUT2D eigenvalue weighted by molar-refractivity contribution is 0.381. The van der Waals surface area contributed by atoms with Crippen LogP contribution in [0, 0.1) is 0 Å². The lowest BCUT2D eigenvalue weighted by Gasteiger charge is -2.19. The SMILES string of the molecule is CCCCCCCCCCCCCCCc1cc(O)c(CN(C)C)cc1CN(C)C. The number of phenols is 1. The normalized spacial score (nSPS) is 11.7. The van der Waals surface area contributed by atoms with Crippen molar-refractivity contribution in [3.8, 4) is 5.75 Å². The molecule has 30 heavy (non-hydrogen) atoms. The average molecular weight is 419 g/mol.